The fourth-order valence-corrected chi connectivity index (χ4v) is 0.726. The van der Waals surface area contributed by atoms with Crippen LogP contribution in [0, 0.1) is 0 Å². The molecule has 11 heavy (non-hydrogen) atoms. The number of carbonyl (C=O) groups is 2. The molecule has 0 bridgehead atoms. The Morgan fingerprint density at radius 1 is 1.73 bits per heavy atom. The van der Waals surface area contributed by atoms with Gasteiger partial charge in [0.05, 0.1) is 0 Å². The van der Waals surface area contributed by atoms with E-state index >= 15 is 0 Å². The first kappa shape index (κ1) is 9.94. The van der Waals surface area contributed by atoms with Crippen LogP contribution in [-0.2, 0) is 14.3 Å². The minimum Gasteiger partial charge on any atom is -0.452 e. The van der Waals surface area contributed by atoms with E-state index in [9.17, 15) is 9.59 Å². The number of hydrogen-bond acceptors (Lipinski definition) is 3. The van der Waals surface area contributed by atoms with Gasteiger partial charge in [-0.3, -0.25) is 9.59 Å². The van der Waals surface area contributed by atoms with E-state index in [-0.39, 0.29) is 7.40 Å². The van der Waals surface area contributed by atoms with Crippen LogP contribution in [0.4, 0.5) is 0 Å². The van der Waals surface area contributed by atoms with Crippen molar-refractivity contribution in [2.45, 2.75) is 32.8 Å². The zero-order chi connectivity index (χ0) is 8.85. The van der Waals surface area contributed by atoms with Gasteiger partial charge in [-0.2, -0.15) is 0 Å². The smallest absolute Gasteiger partial charge is 0.306 e. The number of ether oxygens (including phenoxy) is 1. The molecule has 0 aromatic rings. The molecule has 1 atom stereocenters. The van der Waals surface area contributed by atoms with E-state index in [0.29, 0.717) is 12.8 Å². The molecule has 0 radical (unpaired) electrons. The molecule has 1 aliphatic rings. The summed E-state index contributed by atoms with van der Waals surface area (Å²) in [6.07, 6.45) is 0.0828. The van der Waals surface area contributed by atoms with E-state index in [4.69, 9.17) is 5.73 Å². The van der Waals surface area contributed by atoms with Gasteiger partial charge < -0.3 is 10.5 Å². The van der Waals surface area contributed by atoms with Gasteiger partial charge in [-0.05, 0) is 0 Å². The SMILES string of the molecule is CC.NC(=O)C1CCC(=O)O1.[HH]. The van der Waals surface area contributed by atoms with Gasteiger partial charge in [0.15, 0.2) is 6.10 Å². The number of rotatable bonds is 1. The second-order valence-corrected chi connectivity index (χ2v) is 1.92. The summed E-state index contributed by atoms with van der Waals surface area (Å²) in [7, 11) is 0. The summed E-state index contributed by atoms with van der Waals surface area (Å²) in [5, 5.41) is 0. The Morgan fingerprint density at radius 3 is 2.45 bits per heavy atom. The average molecular weight is 161 g/mol. The Balaban J connectivity index is 0. The quantitative estimate of drug-likeness (QED) is 0.567. The number of hydrogen-bond donors (Lipinski definition) is 1. The monoisotopic (exact) mass is 161 g/mol. The predicted octanol–water partition coefficient (Wildman–Crippen LogP) is 0.449. The van der Waals surface area contributed by atoms with Crippen LogP contribution in [0.25, 0.3) is 0 Å². The second kappa shape index (κ2) is 4.71. The van der Waals surface area contributed by atoms with Gasteiger partial charge in [0, 0.05) is 14.3 Å². The fourth-order valence-electron chi connectivity index (χ4n) is 0.726. The summed E-state index contributed by atoms with van der Waals surface area (Å²) >= 11 is 0. The molecule has 66 valence electrons. The van der Waals surface area contributed by atoms with E-state index in [1.807, 2.05) is 13.8 Å². The molecule has 4 nitrogen and oxygen atoms in total. The summed E-state index contributed by atoms with van der Waals surface area (Å²) in [6.45, 7) is 4.00. The first-order valence-electron chi connectivity index (χ1n) is 3.69. The molecule has 1 rings (SSSR count). The van der Waals surface area contributed by atoms with Gasteiger partial charge in [-0.25, -0.2) is 0 Å². The normalized spacial score (nSPS) is 21.6. The van der Waals surface area contributed by atoms with Gasteiger partial charge in [0.25, 0.3) is 5.91 Å². The maximum absolute atomic E-state index is 10.3. The third-order valence-electron chi connectivity index (χ3n) is 1.20. The van der Waals surface area contributed by atoms with Crippen LogP contribution in [0.3, 0.4) is 0 Å². The first-order valence-corrected chi connectivity index (χ1v) is 3.69. The summed E-state index contributed by atoms with van der Waals surface area (Å²) in [6, 6.07) is 0. The maximum atomic E-state index is 10.3. The van der Waals surface area contributed by atoms with Crippen molar-refractivity contribution in [2.75, 3.05) is 0 Å². The van der Waals surface area contributed by atoms with Crippen molar-refractivity contribution in [3.05, 3.63) is 0 Å². The highest BCUT2D eigenvalue weighted by atomic mass is 16.6. The molecule has 0 spiro atoms. The highest BCUT2D eigenvalue weighted by molar-refractivity contribution is 5.85. The summed E-state index contributed by atoms with van der Waals surface area (Å²) in [5.41, 5.74) is 4.84. The largest absolute Gasteiger partial charge is 0.452 e. The maximum Gasteiger partial charge on any atom is 0.306 e. The number of primary amides is 1. The van der Waals surface area contributed by atoms with Gasteiger partial charge in [0.2, 0.25) is 0 Å². The Morgan fingerprint density at radius 2 is 2.27 bits per heavy atom. The molecule has 0 aromatic carbocycles. The Bertz CT molecular complexity index is 161. The molecule has 1 heterocycles. The van der Waals surface area contributed by atoms with Gasteiger partial charge >= 0.3 is 5.97 Å². The van der Waals surface area contributed by atoms with Crippen LogP contribution in [0.1, 0.15) is 28.1 Å². The van der Waals surface area contributed by atoms with E-state index in [0.717, 1.165) is 0 Å². The summed E-state index contributed by atoms with van der Waals surface area (Å²) < 4.78 is 4.51. The van der Waals surface area contributed by atoms with Crippen molar-refractivity contribution >= 4 is 11.9 Å². The van der Waals surface area contributed by atoms with E-state index in [1.165, 1.54) is 0 Å². The van der Waals surface area contributed by atoms with Crippen LogP contribution >= 0.6 is 0 Å². The minimum atomic E-state index is -0.669. The average Bonchev–Trinajstić information content (AvgIpc) is 2.40. The highest BCUT2D eigenvalue weighted by Gasteiger charge is 2.27. The molecule has 1 fully saturated rings. The van der Waals surface area contributed by atoms with Crippen molar-refractivity contribution < 1.29 is 15.8 Å². The van der Waals surface area contributed by atoms with Crippen molar-refractivity contribution in [1.82, 2.24) is 0 Å². The standard InChI is InChI=1S/C5H7NO3.C2H6.H2/c6-5(8)3-1-2-4(7)9-3;1-2;/h3H,1-2H2,(H2,6,8);1-2H3;1H. The molecular formula is C7H15NO3. The third-order valence-corrected chi connectivity index (χ3v) is 1.20. The number of amides is 1. The van der Waals surface area contributed by atoms with E-state index < -0.39 is 12.0 Å². The molecule has 0 aromatic heterocycles. The van der Waals surface area contributed by atoms with E-state index in [1.54, 1.807) is 0 Å². The molecule has 1 saturated heterocycles. The zero-order valence-electron chi connectivity index (χ0n) is 6.79. The third kappa shape index (κ3) is 3.02. The van der Waals surface area contributed by atoms with Crippen molar-refractivity contribution in [1.29, 1.82) is 0 Å². The lowest BCUT2D eigenvalue weighted by Gasteiger charge is -2.00. The lowest BCUT2D eigenvalue weighted by molar-refractivity contribution is -0.146. The van der Waals surface area contributed by atoms with Crippen molar-refractivity contribution in [2.24, 2.45) is 5.73 Å². The molecule has 0 saturated carbocycles. The number of cyclic esters (lactones) is 1. The van der Waals surface area contributed by atoms with Crippen LogP contribution in [0.5, 0.6) is 0 Å². The minimum absolute atomic E-state index is 0. The van der Waals surface area contributed by atoms with Crippen LogP contribution in [0.2, 0.25) is 0 Å². The Kier molecular flexibility index (Phi) is 4.26. The summed E-state index contributed by atoms with van der Waals surface area (Å²) in [4.78, 5) is 20.6. The molecule has 2 N–H and O–H groups in total. The molecule has 1 amide bonds. The predicted molar refractivity (Wildman–Crippen MR) is 41.8 cm³/mol. The first-order chi connectivity index (χ1) is 5.20. The molecule has 1 unspecified atom stereocenters. The second-order valence-electron chi connectivity index (χ2n) is 1.92. The molecule has 4 heteroatoms. The highest BCUT2D eigenvalue weighted by Crippen LogP contribution is 2.12. The molecular weight excluding hydrogens is 146 g/mol. The summed E-state index contributed by atoms with van der Waals surface area (Å²) in [5.74, 6) is -0.889. The van der Waals surface area contributed by atoms with Crippen molar-refractivity contribution in [3.8, 4) is 0 Å². The molecule has 0 aliphatic carbocycles. The van der Waals surface area contributed by atoms with Crippen molar-refractivity contribution in [3.63, 3.8) is 0 Å². The fraction of sp³-hybridized carbons (Fsp3) is 0.714. The molecule has 1 aliphatic heterocycles. The lowest BCUT2D eigenvalue weighted by Crippen LogP contribution is -2.27. The number of esters is 1. The van der Waals surface area contributed by atoms with Crippen LogP contribution in [-0.4, -0.2) is 18.0 Å². The lowest BCUT2D eigenvalue weighted by atomic mass is 10.2. The Labute approximate surface area is 67.2 Å². The Hall–Kier alpha value is -1.06. The van der Waals surface area contributed by atoms with Gasteiger partial charge in [-0.15, -0.1) is 0 Å². The van der Waals surface area contributed by atoms with E-state index in [2.05, 4.69) is 4.74 Å². The van der Waals surface area contributed by atoms with Crippen LogP contribution in [0.15, 0.2) is 0 Å². The van der Waals surface area contributed by atoms with Gasteiger partial charge in [0.1, 0.15) is 0 Å². The topological polar surface area (TPSA) is 69.4 Å². The number of carbonyl (C=O) groups excluding carboxylic acids is 2. The number of nitrogens with two attached hydrogens (primary N) is 1. The van der Waals surface area contributed by atoms with Crippen LogP contribution < -0.4 is 5.73 Å². The zero-order valence-corrected chi connectivity index (χ0v) is 6.79. The van der Waals surface area contributed by atoms with Gasteiger partial charge in [-0.1, -0.05) is 13.8 Å².